The van der Waals surface area contributed by atoms with Gasteiger partial charge < -0.3 is 10.6 Å². The number of hydrogen-bond donors (Lipinski definition) is 2. The minimum atomic E-state index is -0.442. The van der Waals surface area contributed by atoms with E-state index in [-0.39, 0.29) is 6.42 Å². The van der Waals surface area contributed by atoms with E-state index >= 15 is 0 Å². The summed E-state index contributed by atoms with van der Waals surface area (Å²) in [7, 11) is 0. The van der Waals surface area contributed by atoms with Crippen molar-refractivity contribution in [2.45, 2.75) is 6.42 Å². The van der Waals surface area contributed by atoms with Crippen molar-refractivity contribution in [1.82, 2.24) is 0 Å². The summed E-state index contributed by atoms with van der Waals surface area (Å²) >= 11 is 3.30. The highest BCUT2D eigenvalue weighted by Crippen LogP contribution is 2.16. The molecule has 0 bridgehead atoms. The lowest BCUT2D eigenvalue weighted by Gasteiger charge is -2.07. The normalized spacial score (nSPS) is 9.64. The molecule has 0 saturated carbocycles. The first-order chi connectivity index (χ1) is 10.6. The molecule has 2 aromatic carbocycles. The maximum atomic E-state index is 11.8. The number of rotatable bonds is 4. The molecule has 0 heterocycles. The first-order valence-corrected chi connectivity index (χ1v) is 7.21. The Bertz CT molecular complexity index is 753. The van der Waals surface area contributed by atoms with Gasteiger partial charge in [0.2, 0.25) is 11.8 Å². The molecule has 0 saturated heterocycles. The summed E-state index contributed by atoms with van der Waals surface area (Å²) in [5.41, 5.74) is 1.54. The third kappa shape index (κ3) is 4.72. The van der Waals surface area contributed by atoms with Crippen LogP contribution in [0.2, 0.25) is 0 Å². The highest BCUT2D eigenvalue weighted by atomic mass is 79.9. The van der Waals surface area contributed by atoms with Gasteiger partial charge in [-0.3, -0.25) is 9.59 Å². The van der Waals surface area contributed by atoms with Crippen molar-refractivity contribution < 1.29 is 9.59 Å². The quantitative estimate of drug-likeness (QED) is 0.823. The molecule has 6 heteroatoms. The molecule has 0 spiro atoms. The predicted octanol–water partition coefficient (Wildman–Crippen LogP) is 3.29. The number of carbonyl (C=O) groups is 2. The fourth-order valence-electron chi connectivity index (χ4n) is 1.79. The molecule has 0 aliphatic heterocycles. The molecule has 0 unspecified atom stereocenters. The van der Waals surface area contributed by atoms with Crippen LogP contribution in [0.15, 0.2) is 53.0 Å². The molecule has 2 rings (SSSR count). The Labute approximate surface area is 136 Å². The molecule has 2 aromatic rings. The van der Waals surface area contributed by atoms with E-state index in [0.29, 0.717) is 16.9 Å². The van der Waals surface area contributed by atoms with Gasteiger partial charge in [-0.1, -0.05) is 28.1 Å². The van der Waals surface area contributed by atoms with Crippen molar-refractivity contribution in [3.05, 3.63) is 58.6 Å². The molecule has 5 nitrogen and oxygen atoms in total. The third-order valence-electron chi connectivity index (χ3n) is 2.70. The average molecular weight is 358 g/mol. The Balaban J connectivity index is 1.91. The molecule has 0 aliphatic carbocycles. The second-order valence-electron chi connectivity index (χ2n) is 4.48. The van der Waals surface area contributed by atoms with Gasteiger partial charge in [-0.2, -0.15) is 5.26 Å². The highest BCUT2D eigenvalue weighted by Gasteiger charge is 2.10. The van der Waals surface area contributed by atoms with Crippen LogP contribution in [-0.4, -0.2) is 11.8 Å². The maximum Gasteiger partial charge on any atom is 0.233 e. The van der Waals surface area contributed by atoms with Crippen LogP contribution in [0.4, 0.5) is 11.4 Å². The van der Waals surface area contributed by atoms with Crippen LogP contribution in [0.5, 0.6) is 0 Å². The molecule has 0 atom stereocenters. The number of halogens is 1. The van der Waals surface area contributed by atoms with E-state index in [1.165, 1.54) is 0 Å². The van der Waals surface area contributed by atoms with E-state index in [2.05, 4.69) is 26.6 Å². The van der Waals surface area contributed by atoms with Gasteiger partial charge in [0, 0.05) is 15.8 Å². The largest absolute Gasteiger partial charge is 0.326 e. The van der Waals surface area contributed by atoms with E-state index in [1.807, 2.05) is 12.1 Å². The van der Waals surface area contributed by atoms with E-state index in [9.17, 15) is 9.59 Å². The SMILES string of the molecule is N#Cc1cccc(NC(=O)CC(=O)Nc2cccc(Br)c2)c1. The summed E-state index contributed by atoms with van der Waals surface area (Å²) in [6, 6.07) is 15.6. The Morgan fingerprint density at radius 1 is 1.00 bits per heavy atom. The molecule has 0 aliphatic rings. The number of benzene rings is 2. The molecule has 2 N–H and O–H groups in total. The predicted molar refractivity (Wildman–Crippen MR) is 87.2 cm³/mol. The molecular weight excluding hydrogens is 346 g/mol. The van der Waals surface area contributed by atoms with Crippen molar-refractivity contribution in [2.24, 2.45) is 0 Å². The number of amides is 2. The van der Waals surface area contributed by atoms with Crippen molar-refractivity contribution in [2.75, 3.05) is 10.6 Å². The summed E-state index contributed by atoms with van der Waals surface area (Å²) in [5.74, 6) is -0.852. The van der Waals surface area contributed by atoms with Gasteiger partial charge in [0.05, 0.1) is 11.6 Å². The van der Waals surface area contributed by atoms with Gasteiger partial charge in [0.25, 0.3) is 0 Å². The lowest BCUT2D eigenvalue weighted by Crippen LogP contribution is -2.21. The lowest BCUT2D eigenvalue weighted by molar-refractivity contribution is -0.123. The number of nitrogens with zero attached hydrogens (tertiary/aromatic N) is 1. The van der Waals surface area contributed by atoms with Crippen LogP contribution in [0.25, 0.3) is 0 Å². The molecule has 22 heavy (non-hydrogen) atoms. The zero-order valence-corrected chi connectivity index (χ0v) is 13.1. The summed E-state index contributed by atoms with van der Waals surface area (Å²) in [4.78, 5) is 23.6. The molecule has 110 valence electrons. The summed E-state index contributed by atoms with van der Waals surface area (Å²) in [6.45, 7) is 0. The average Bonchev–Trinajstić information content (AvgIpc) is 2.47. The van der Waals surface area contributed by atoms with Crippen molar-refractivity contribution in [3.63, 3.8) is 0 Å². The zero-order chi connectivity index (χ0) is 15.9. The van der Waals surface area contributed by atoms with Gasteiger partial charge in [0.15, 0.2) is 0 Å². The van der Waals surface area contributed by atoms with Crippen LogP contribution in [0.1, 0.15) is 12.0 Å². The highest BCUT2D eigenvalue weighted by molar-refractivity contribution is 9.10. The van der Waals surface area contributed by atoms with E-state index < -0.39 is 11.8 Å². The standard InChI is InChI=1S/C16H12BrN3O2/c17-12-4-2-6-14(8-12)20-16(22)9-15(21)19-13-5-1-3-11(7-13)10-18/h1-8H,9H2,(H,19,21)(H,20,22). The Morgan fingerprint density at radius 2 is 1.59 bits per heavy atom. The fraction of sp³-hybridized carbons (Fsp3) is 0.0625. The maximum absolute atomic E-state index is 11.8. The minimum absolute atomic E-state index is 0.302. The van der Waals surface area contributed by atoms with Gasteiger partial charge in [-0.15, -0.1) is 0 Å². The second kappa shape index (κ2) is 7.38. The second-order valence-corrected chi connectivity index (χ2v) is 5.39. The fourth-order valence-corrected chi connectivity index (χ4v) is 2.19. The van der Waals surface area contributed by atoms with Crippen LogP contribution in [0, 0.1) is 11.3 Å². The van der Waals surface area contributed by atoms with E-state index in [1.54, 1.807) is 42.5 Å². The van der Waals surface area contributed by atoms with E-state index in [0.717, 1.165) is 4.47 Å². The molecule has 0 radical (unpaired) electrons. The Hall–Kier alpha value is -2.65. The number of carbonyl (C=O) groups excluding carboxylic acids is 2. The van der Waals surface area contributed by atoms with Gasteiger partial charge in [-0.25, -0.2) is 0 Å². The Morgan fingerprint density at radius 3 is 2.18 bits per heavy atom. The van der Waals surface area contributed by atoms with Gasteiger partial charge in [0.1, 0.15) is 6.42 Å². The van der Waals surface area contributed by atoms with E-state index in [4.69, 9.17) is 5.26 Å². The van der Waals surface area contributed by atoms with Crippen LogP contribution in [0.3, 0.4) is 0 Å². The van der Waals surface area contributed by atoms with Crippen LogP contribution in [-0.2, 0) is 9.59 Å². The van der Waals surface area contributed by atoms with Gasteiger partial charge in [-0.05, 0) is 36.4 Å². The zero-order valence-electron chi connectivity index (χ0n) is 11.5. The first kappa shape index (κ1) is 15.7. The topological polar surface area (TPSA) is 82.0 Å². The van der Waals surface area contributed by atoms with Crippen LogP contribution >= 0.6 is 15.9 Å². The number of nitrogens with one attached hydrogen (secondary N) is 2. The van der Waals surface area contributed by atoms with Crippen molar-refractivity contribution in [3.8, 4) is 6.07 Å². The lowest BCUT2D eigenvalue weighted by atomic mass is 10.2. The summed E-state index contributed by atoms with van der Waals surface area (Å²) in [5, 5.41) is 14.0. The smallest absolute Gasteiger partial charge is 0.233 e. The molecular formula is C16H12BrN3O2. The molecule has 0 fully saturated rings. The monoisotopic (exact) mass is 357 g/mol. The third-order valence-corrected chi connectivity index (χ3v) is 3.20. The Kier molecular flexibility index (Phi) is 5.28. The molecule has 2 amide bonds. The summed E-state index contributed by atoms with van der Waals surface area (Å²) in [6.07, 6.45) is -0.302. The van der Waals surface area contributed by atoms with Crippen molar-refractivity contribution in [1.29, 1.82) is 5.26 Å². The first-order valence-electron chi connectivity index (χ1n) is 6.42. The van der Waals surface area contributed by atoms with Crippen LogP contribution < -0.4 is 10.6 Å². The number of anilines is 2. The minimum Gasteiger partial charge on any atom is -0.326 e. The number of hydrogen-bond acceptors (Lipinski definition) is 3. The van der Waals surface area contributed by atoms with Crippen molar-refractivity contribution >= 4 is 39.1 Å². The van der Waals surface area contributed by atoms with Gasteiger partial charge >= 0.3 is 0 Å². The summed E-state index contributed by atoms with van der Waals surface area (Å²) < 4.78 is 0.836. The molecule has 0 aromatic heterocycles. The number of nitriles is 1.